The van der Waals surface area contributed by atoms with Crippen molar-refractivity contribution >= 4 is 35.0 Å². The summed E-state index contributed by atoms with van der Waals surface area (Å²) < 4.78 is 43.8. The summed E-state index contributed by atoms with van der Waals surface area (Å²) in [5, 5.41) is 0.262. The summed E-state index contributed by atoms with van der Waals surface area (Å²) in [6.07, 6.45) is -5.20. The summed E-state index contributed by atoms with van der Waals surface area (Å²) in [4.78, 5) is 41.3. The fraction of sp³-hybridized carbons (Fsp3) is 0.375. The number of carbonyl (C=O) groups is 3. The molecule has 0 radical (unpaired) electrons. The van der Waals surface area contributed by atoms with Gasteiger partial charge in [0.05, 0.1) is 19.4 Å². The second-order valence-corrected chi connectivity index (χ2v) is 8.72. The summed E-state index contributed by atoms with van der Waals surface area (Å²) in [7, 11) is 0. The number of benzene rings is 2. The molecule has 1 saturated heterocycles. The van der Waals surface area contributed by atoms with E-state index in [1.807, 2.05) is 30.3 Å². The van der Waals surface area contributed by atoms with E-state index in [0.29, 0.717) is 30.0 Å². The monoisotopic (exact) mass is 494 g/mol. The van der Waals surface area contributed by atoms with E-state index >= 15 is 0 Å². The van der Waals surface area contributed by atoms with Gasteiger partial charge in [-0.3, -0.25) is 19.3 Å². The number of likely N-dealkylation sites (tertiary alicyclic amines) is 1. The fourth-order valence-electron chi connectivity index (χ4n) is 4.43. The highest BCUT2D eigenvalue weighted by Crippen LogP contribution is 2.49. The van der Waals surface area contributed by atoms with Crippen molar-refractivity contribution in [2.75, 3.05) is 24.6 Å². The van der Waals surface area contributed by atoms with Crippen LogP contribution in [-0.4, -0.2) is 48.5 Å². The van der Waals surface area contributed by atoms with E-state index in [1.54, 1.807) is 12.1 Å². The number of nitrogens with zero attached hydrogens (tertiary/aromatic N) is 2. The molecule has 2 aromatic carbocycles. The summed E-state index contributed by atoms with van der Waals surface area (Å²) in [5.41, 5.74) is -1.17. The molecular formula is C24H22ClF3N2O4. The summed E-state index contributed by atoms with van der Waals surface area (Å²) in [6, 6.07) is 13.9. The maximum atomic E-state index is 13.5. The molecule has 0 bridgehead atoms. The van der Waals surface area contributed by atoms with Crippen LogP contribution in [-0.2, 0) is 19.8 Å². The Balaban J connectivity index is 1.50. The summed E-state index contributed by atoms with van der Waals surface area (Å²) >= 11 is 6.12. The Morgan fingerprint density at radius 2 is 1.65 bits per heavy atom. The van der Waals surface area contributed by atoms with Gasteiger partial charge in [-0.25, -0.2) is 0 Å². The van der Waals surface area contributed by atoms with Crippen LogP contribution in [0.3, 0.4) is 0 Å². The molecule has 2 heterocycles. The molecule has 2 aliphatic heterocycles. The molecule has 1 spiro atoms. The molecule has 0 saturated carbocycles. The second-order valence-electron chi connectivity index (χ2n) is 8.28. The van der Waals surface area contributed by atoms with Crippen LogP contribution in [0.4, 0.5) is 18.9 Å². The van der Waals surface area contributed by atoms with Gasteiger partial charge in [0.1, 0.15) is 5.75 Å². The number of anilines is 1. The SMILES string of the molecule is O=C1CC2(C(=O)N1CCC(F)(F)F)C(=O)N(CCCCOc1ccccc1)c1ccc(Cl)cc12. The van der Waals surface area contributed by atoms with Crippen LogP contribution in [0.15, 0.2) is 48.5 Å². The Morgan fingerprint density at radius 3 is 2.35 bits per heavy atom. The van der Waals surface area contributed by atoms with E-state index in [9.17, 15) is 27.6 Å². The highest BCUT2D eigenvalue weighted by molar-refractivity contribution is 6.32. The van der Waals surface area contributed by atoms with Crippen molar-refractivity contribution in [2.24, 2.45) is 0 Å². The lowest BCUT2D eigenvalue weighted by Crippen LogP contribution is -2.47. The molecule has 180 valence electrons. The summed E-state index contributed by atoms with van der Waals surface area (Å²) in [6.45, 7) is -0.131. The lowest BCUT2D eigenvalue weighted by molar-refractivity contribution is -0.150. The van der Waals surface area contributed by atoms with E-state index in [-0.39, 0.29) is 17.1 Å². The van der Waals surface area contributed by atoms with Gasteiger partial charge in [0.15, 0.2) is 5.41 Å². The third-order valence-corrected chi connectivity index (χ3v) is 6.29. The van der Waals surface area contributed by atoms with Gasteiger partial charge < -0.3 is 9.64 Å². The molecule has 1 fully saturated rings. The van der Waals surface area contributed by atoms with Crippen LogP contribution >= 0.6 is 11.6 Å². The van der Waals surface area contributed by atoms with Crippen molar-refractivity contribution in [3.05, 3.63) is 59.1 Å². The van der Waals surface area contributed by atoms with Crippen molar-refractivity contribution in [1.29, 1.82) is 0 Å². The van der Waals surface area contributed by atoms with E-state index in [0.717, 1.165) is 5.75 Å². The minimum Gasteiger partial charge on any atom is -0.494 e. The average Bonchev–Trinajstić information content (AvgIpc) is 3.17. The number of carbonyl (C=O) groups excluding carboxylic acids is 3. The van der Waals surface area contributed by atoms with Crippen LogP contribution in [0.1, 0.15) is 31.2 Å². The number of halogens is 4. The van der Waals surface area contributed by atoms with E-state index in [4.69, 9.17) is 16.3 Å². The van der Waals surface area contributed by atoms with E-state index in [2.05, 4.69) is 0 Å². The molecular weight excluding hydrogens is 473 g/mol. The molecule has 2 aromatic rings. The molecule has 1 unspecified atom stereocenters. The first-order valence-electron chi connectivity index (χ1n) is 10.8. The maximum Gasteiger partial charge on any atom is 0.390 e. The molecule has 3 amide bonds. The normalized spacial score (nSPS) is 19.9. The Morgan fingerprint density at radius 1 is 0.941 bits per heavy atom. The average molecular weight is 495 g/mol. The predicted octanol–water partition coefficient (Wildman–Crippen LogP) is 4.49. The van der Waals surface area contributed by atoms with Gasteiger partial charge in [0.25, 0.3) is 0 Å². The van der Waals surface area contributed by atoms with Gasteiger partial charge in [0.2, 0.25) is 17.7 Å². The van der Waals surface area contributed by atoms with Crippen LogP contribution in [0.2, 0.25) is 5.02 Å². The van der Waals surface area contributed by atoms with Crippen molar-refractivity contribution in [3.63, 3.8) is 0 Å². The van der Waals surface area contributed by atoms with Gasteiger partial charge in [-0.1, -0.05) is 29.8 Å². The molecule has 0 aromatic heterocycles. The third kappa shape index (κ3) is 4.49. The Bertz CT molecular complexity index is 1110. The highest BCUT2D eigenvalue weighted by Gasteiger charge is 2.63. The number of imide groups is 1. The molecule has 0 N–H and O–H groups in total. The Kier molecular flexibility index (Phi) is 6.58. The van der Waals surface area contributed by atoms with Gasteiger partial charge in [-0.05, 0) is 43.2 Å². The fourth-order valence-corrected chi connectivity index (χ4v) is 4.60. The molecule has 6 nitrogen and oxygen atoms in total. The quantitative estimate of drug-likeness (QED) is 0.308. The number of hydrogen-bond acceptors (Lipinski definition) is 4. The Labute approximate surface area is 199 Å². The van der Waals surface area contributed by atoms with Crippen LogP contribution < -0.4 is 9.64 Å². The number of para-hydroxylation sites is 1. The number of alkyl halides is 3. The lowest BCUT2D eigenvalue weighted by atomic mass is 9.80. The minimum atomic E-state index is -4.54. The summed E-state index contributed by atoms with van der Waals surface area (Å²) in [5.74, 6) is -1.61. The number of fused-ring (bicyclic) bond motifs is 2. The highest BCUT2D eigenvalue weighted by atomic mass is 35.5. The van der Waals surface area contributed by atoms with Crippen molar-refractivity contribution < 1.29 is 32.3 Å². The second kappa shape index (κ2) is 9.29. The number of hydrogen-bond donors (Lipinski definition) is 0. The molecule has 2 aliphatic rings. The minimum absolute atomic E-state index is 0.261. The van der Waals surface area contributed by atoms with Crippen LogP contribution in [0.25, 0.3) is 0 Å². The van der Waals surface area contributed by atoms with Crippen molar-refractivity contribution in [3.8, 4) is 5.75 Å². The maximum absolute atomic E-state index is 13.5. The first-order valence-corrected chi connectivity index (χ1v) is 11.2. The largest absolute Gasteiger partial charge is 0.494 e. The number of ether oxygens (including phenoxy) is 1. The number of unbranched alkanes of at least 4 members (excludes halogenated alkanes) is 1. The smallest absolute Gasteiger partial charge is 0.390 e. The molecule has 10 heteroatoms. The zero-order valence-corrected chi connectivity index (χ0v) is 18.9. The number of amides is 3. The van der Waals surface area contributed by atoms with Gasteiger partial charge >= 0.3 is 6.18 Å². The molecule has 34 heavy (non-hydrogen) atoms. The van der Waals surface area contributed by atoms with E-state index < -0.39 is 48.7 Å². The van der Waals surface area contributed by atoms with Crippen LogP contribution in [0, 0.1) is 0 Å². The molecule has 4 rings (SSSR count). The van der Waals surface area contributed by atoms with Gasteiger partial charge in [-0.15, -0.1) is 0 Å². The van der Waals surface area contributed by atoms with Gasteiger partial charge in [0, 0.05) is 29.4 Å². The molecule has 1 atom stereocenters. The molecule has 0 aliphatic carbocycles. The van der Waals surface area contributed by atoms with Crippen LogP contribution in [0.5, 0.6) is 5.75 Å². The lowest BCUT2D eigenvalue weighted by Gasteiger charge is -2.23. The number of rotatable bonds is 8. The predicted molar refractivity (Wildman–Crippen MR) is 119 cm³/mol. The van der Waals surface area contributed by atoms with Crippen molar-refractivity contribution in [1.82, 2.24) is 4.90 Å². The standard InChI is InChI=1S/C24H22ClF3N2O4/c25-16-8-9-19-18(14-16)23(15-20(31)30(22(23)33)12-10-24(26,27)28)21(32)29(19)11-4-5-13-34-17-6-2-1-3-7-17/h1-3,6-9,14H,4-5,10-13,15H2. The van der Waals surface area contributed by atoms with Crippen molar-refractivity contribution in [2.45, 2.75) is 37.3 Å². The first kappa shape index (κ1) is 24.1. The third-order valence-electron chi connectivity index (χ3n) is 6.05. The zero-order chi connectivity index (χ0) is 24.5. The van der Waals surface area contributed by atoms with E-state index in [1.165, 1.54) is 11.0 Å². The zero-order valence-electron chi connectivity index (χ0n) is 18.1. The topological polar surface area (TPSA) is 66.9 Å². The van der Waals surface area contributed by atoms with Gasteiger partial charge in [-0.2, -0.15) is 13.2 Å². The first-order chi connectivity index (χ1) is 16.1. The Hall–Kier alpha value is -3.07.